The molecule has 0 aliphatic carbocycles. The zero-order chi connectivity index (χ0) is 34.2. The van der Waals surface area contributed by atoms with Crippen molar-refractivity contribution in [1.29, 1.82) is 0 Å². The van der Waals surface area contributed by atoms with E-state index in [2.05, 4.69) is 19.0 Å². The summed E-state index contributed by atoms with van der Waals surface area (Å²) >= 11 is 0. The highest BCUT2D eigenvalue weighted by atomic mass is 16.6. The normalized spacial score (nSPS) is 33.8. The standard InChI is InChI=1S/C36H60N2O8/c1-9-29(40)26(5)34-31(44-34)22-36(6,43)18-10-11-24(3)33-25(4)13-15-30(23(2)12-14-28(39)21-32(41)46-33)45-35(42)38-19-16-27(17-20-38)37(7)8/h10-11,13,15,18,23,25-31,33-34,39-40,43H,9,12,14,16-17,19-22H2,1-8H3/b15-13-,18-10+,24-11+. The number of allylic oxidation sites excluding steroid dienone is 2. The number of aliphatic hydroxyl groups excluding tert-OH is 2. The van der Waals surface area contributed by atoms with Crippen molar-refractivity contribution in [1.82, 2.24) is 9.80 Å². The van der Waals surface area contributed by atoms with Gasteiger partial charge in [-0.1, -0.05) is 52.0 Å². The van der Waals surface area contributed by atoms with Gasteiger partial charge in [0.05, 0.1) is 36.4 Å². The highest BCUT2D eigenvalue weighted by Gasteiger charge is 2.47. The van der Waals surface area contributed by atoms with Crippen LogP contribution in [-0.2, 0) is 19.0 Å². The van der Waals surface area contributed by atoms with Crippen LogP contribution in [0.25, 0.3) is 0 Å². The maximum atomic E-state index is 13.2. The fourth-order valence-electron chi connectivity index (χ4n) is 6.56. The molecule has 3 aliphatic heterocycles. The van der Waals surface area contributed by atoms with Gasteiger partial charge in [0.25, 0.3) is 0 Å². The summed E-state index contributed by atoms with van der Waals surface area (Å²) in [5.74, 6) is -0.769. The number of piperidine rings is 1. The van der Waals surface area contributed by atoms with Crippen LogP contribution in [0.4, 0.5) is 4.79 Å². The van der Waals surface area contributed by atoms with E-state index in [1.807, 2.05) is 52.8 Å². The van der Waals surface area contributed by atoms with Gasteiger partial charge in [0, 0.05) is 37.4 Å². The van der Waals surface area contributed by atoms with Gasteiger partial charge in [-0.2, -0.15) is 0 Å². The Labute approximate surface area is 276 Å². The summed E-state index contributed by atoms with van der Waals surface area (Å²) in [6.45, 7) is 12.8. The Hall–Kier alpha value is -2.24. The summed E-state index contributed by atoms with van der Waals surface area (Å²) in [7, 11) is 4.13. The van der Waals surface area contributed by atoms with E-state index in [0.717, 1.165) is 18.4 Å². The van der Waals surface area contributed by atoms with Crippen LogP contribution in [0.1, 0.15) is 86.5 Å². The summed E-state index contributed by atoms with van der Waals surface area (Å²) in [6, 6.07) is 0.456. The molecule has 0 spiro atoms. The van der Waals surface area contributed by atoms with Crippen LogP contribution in [0.2, 0.25) is 0 Å². The molecule has 3 aliphatic rings. The van der Waals surface area contributed by atoms with Gasteiger partial charge in [0.15, 0.2) is 0 Å². The molecule has 0 bridgehead atoms. The molecule has 2 fully saturated rings. The molecule has 10 unspecified atom stereocenters. The zero-order valence-electron chi connectivity index (χ0n) is 29.3. The second-order valence-corrected chi connectivity index (χ2v) is 14.4. The number of hydrogen-bond acceptors (Lipinski definition) is 9. The van der Waals surface area contributed by atoms with Gasteiger partial charge in [-0.05, 0) is 77.6 Å². The second-order valence-electron chi connectivity index (χ2n) is 14.4. The monoisotopic (exact) mass is 648 g/mol. The molecule has 0 aromatic heterocycles. The molecule has 0 saturated carbocycles. The van der Waals surface area contributed by atoms with E-state index in [0.29, 0.717) is 44.8 Å². The Morgan fingerprint density at radius 1 is 1.20 bits per heavy atom. The molecule has 10 heteroatoms. The van der Waals surface area contributed by atoms with E-state index in [4.69, 9.17) is 14.2 Å². The lowest BCUT2D eigenvalue weighted by molar-refractivity contribution is -0.151. The van der Waals surface area contributed by atoms with Crippen molar-refractivity contribution in [3.8, 4) is 0 Å². The number of cyclic esters (lactones) is 1. The van der Waals surface area contributed by atoms with Crippen LogP contribution in [-0.4, -0.2) is 113 Å². The van der Waals surface area contributed by atoms with Gasteiger partial charge in [-0.15, -0.1) is 0 Å². The highest BCUT2D eigenvalue weighted by Crippen LogP contribution is 2.37. The van der Waals surface area contributed by atoms with E-state index in [-0.39, 0.29) is 42.5 Å². The fraction of sp³-hybridized carbons (Fsp3) is 0.778. The summed E-state index contributed by atoms with van der Waals surface area (Å²) in [4.78, 5) is 30.0. The van der Waals surface area contributed by atoms with Crippen LogP contribution < -0.4 is 0 Å². The number of ether oxygens (including phenoxy) is 3. The molecule has 2 saturated heterocycles. The van der Waals surface area contributed by atoms with Gasteiger partial charge in [0.2, 0.25) is 0 Å². The Morgan fingerprint density at radius 2 is 1.87 bits per heavy atom. The Bertz CT molecular complexity index is 1080. The topological polar surface area (TPSA) is 132 Å². The number of epoxide rings is 1. The molecule has 3 rings (SSSR count). The molecule has 3 heterocycles. The molecule has 262 valence electrons. The number of carbonyl (C=O) groups excluding carboxylic acids is 2. The van der Waals surface area contributed by atoms with Crippen molar-refractivity contribution in [3.63, 3.8) is 0 Å². The molecular weight excluding hydrogens is 588 g/mol. The lowest BCUT2D eigenvalue weighted by Gasteiger charge is -2.35. The second kappa shape index (κ2) is 17.2. The van der Waals surface area contributed by atoms with Crippen molar-refractivity contribution in [2.24, 2.45) is 17.8 Å². The van der Waals surface area contributed by atoms with E-state index < -0.39 is 36.0 Å². The van der Waals surface area contributed by atoms with E-state index in [9.17, 15) is 24.9 Å². The number of nitrogens with zero attached hydrogens (tertiary/aromatic N) is 2. The zero-order valence-corrected chi connectivity index (χ0v) is 29.3. The average Bonchev–Trinajstić information content (AvgIpc) is 3.76. The first-order valence-electron chi connectivity index (χ1n) is 17.2. The van der Waals surface area contributed by atoms with Crippen LogP contribution in [0, 0.1) is 17.8 Å². The predicted molar refractivity (Wildman–Crippen MR) is 178 cm³/mol. The maximum absolute atomic E-state index is 13.2. The third kappa shape index (κ3) is 11.5. The largest absolute Gasteiger partial charge is 0.457 e. The third-order valence-electron chi connectivity index (χ3n) is 9.99. The lowest BCUT2D eigenvalue weighted by Crippen LogP contribution is -2.45. The first kappa shape index (κ1) is 38.2. The van der Waals surface area contributed by atoms with Crippen molar-refractivity contribution >= 4 is 12.1 Å². The van der Waals surface area contributed by atoms with E-state index in [1.165, 1.54) is 0 Å². The SMILES string of the molecule is CCC(O)C(C)C1OC1CC(C)(O)/C=C/C=C(\C)C1OC(=O)CC(O)CCC(C)C(OC(=O)N2CCC(N(C)C)CC2)/C=C\C1C. The van der Waals surface area contributed by atoms with Gasteiger partial charge in [0.1, 0.15) is 12.2 Å². The van der Waals surface area contributed by atoms with Crippen LogP contribution in [0.5, 0.6) is 0 Å². The maximum Gasteiger partial charge on any atom is 0.410 e. The van der Waals surface area contributed by atoms with Gasteiger partial charge >= 0.3 is 12.1 Å². The van der Waals surface area contributed by atoms with Crippen molar-refractivity contribution in [2.45, 2.75) is 135 Å². The molecule has 10 atom stereocenters. The molecule has 0 aromatic rings. The lowest BCUT2D eigenvalue weighted by atomic mass is 9.91. The number of rotatable bonds is 10. The fourth-order valence-corrected chi connectivity index (χ4v) is 6.56. The summed E-state index contributed by atoms with van der Waals surface area (Å²) < 4.78 is 17.7. The first-order valence-corrected chi connectivity index (χ1v) is 17.2. The molecule has 10 nitrogen and oxygen atoms in total. The number of aliphatic hydroxyl groups is 3. The van der Waals surface area contributed by atoms with Gasteiger partial charge in [-0.3, -0.25) is 4.79 Å². The minimum Gasteiger partial charge on any atom is -0.457 e. The quantitative estimate of drug-likeness (QED) is 0.134. The van der Waals surface area contributed by atoms with Gasteiger partial charge < -0.3 is 39.3 Å². The van der Waals surface area contributed by atoms with Crippen LogP contribution in [0.3, 0.4) is 0 Å². The smallest absolute Gasteiger partial charge is 0.410 e. The minimum atomic E-state index is -1.12. The first-order chi connectivity index (χ1) is 21.6. The van der Waals surface area contributed by atoms with Crippen LogP contribution in [0.15, 0.2) is 36.0 Å². The number of likely N-dealkylation sites (tertiary alicyclic amines) is 1. The van der Waals surface area contributed by atoms with Crippen molar-refractivity contribution in [2.75, 3.05) is 27.2 Å². The molecular formula is C36H60N2O8. The number of esters is 1. The van der Waals surface area contributed by atoms with Crippen molar-refractivity contribution in [3.05, 3.63) is 36.0 Å². The van der Waals surface area contributed by atoms with E-state index in [1.54, 1.807) is 24.0 Å². The minimum absolute atomic E-state index is 0.00692. The Kier molecular flexibility index (Phi) is 14.3. The summed E-state index contributed by atoms with van der Waals surface area (Å²) in [5, 5.41) is 31.7. The predicted octanol–water partition coefficient (Wildman–Crippen LogP) is 4.62. The molecule has 3 N–H and O–H groups in total. The Morgan fingerprint density at radius 3 is 2.50 bits per heavy atom. The van der Waals surface area contributed by atoms with Crippen molar-refractivity contribution < 1.29 is 39.1 Å². The number of carbonyl (C=O) groups is 2. The highest BCUT2D eigenvalue weighted by molar-refractivity contribution is 5.70. The van der Waals surface area contributed by atoms with E-state index >= 15 is 0 Å². The average molecular weight is 649 g/mol. The summed E-state index contributed by atoms with van der Waals surface area (Å²) in [6.07, 6.45) is 9.98. The third-order valence-corrected chi connectivity index (χ3v) is 9.99. The number of hydrogen-bond donors (Lipinski definition) is 3. The molecule has 0 radical (unpaired) electrons. The molecule has 0 aromatic carbocycles. The molecule has 1 amide bonds. The van der Waals surface area contributed by atoms with Gasteiger partial charge in [-0.25, -0.2) is 4.79 Å². The molecule has 46 heavy (non-hydrogen) atoms. The number of amides is 1. The van der Waals surface area contributed by atoms with Crippen LogP contribution >= 0.6 is 0 Å². The summed E-state index contributed by atoms with van der Waals surface area (Å²) in [5.41, 5.74) is -0.351. The Balaban J connectivity index is 1.70.